The van der Waals surface area contributed by atoms with Crippen LogP contribution in [0.4, 0.5) is 4.39 Å². The van der Waals surface area contributed by atoms with Crippen LogP contribution in [-0.4, -0.2) is 19.1 Å². The molecule has 1 aromatic heterocycles. The molecule has 0 saturated heterocycles. The maximum atomic E-state index is 13.7. The minimum atomic E-state index is -0.200. The molecule has 1 unspecified atom stereocenters. The molecule has 3 nitrogen and oxygen atoms in total. The Morgan fingerprint density at radius 1 is 1.21 bits per heavy atom. The summed E-state index contributed by atoms with van der Waals surface area (Å²) >= 11 is 0. The molecular formula is C15H17FN2O. The van der Waals surface area contributed by atoms with Gasteiger partial charge in [0.1, 0.15) is 11.6 Å². The standard InChI is InChI=1S/C15H17FN2O/c1-10-4-5-11(7-14(10)16)15(17-2)12-6-13(19-3)9-18-8-12/h4-9,15,17H,1-3H3. The van der Waals surface area contributed by atoms with E-state index in [2.05, 4.69) is 10.3 Å². The lowest BCUT2D eigenvalue weighted by Gasteiger charge is -2.18. The van der Waals surface area contributed by atoms with Crippen LogP contribution in [0.1, 0.15) is 22.7 Å². The molecule has 1 heterocycles. The molecule has 19 heavy (non-hydrogen) atoms. The minimum Gasteiger partial charge on any atom is -0.495 e. The van der Waals surface area contributed by atoms with E-state index in [1.165, 1.54) is 0 Å². The molecule has 0 radical (unpaired) electrons. The molecule has 0 aliphatic heterocycles. The molecule has 2 rings (SSSR count). The van der Waals surface area contributed by atoms with Gasteiger partial charge in [0.2, 0.25) is 0 Å². The summed E-state index contributed by atoms with van der Waals surface area (Å²) in [4.78, 5) is 4.13. The number of nitrogens with one attached hydrogen (secondary N) is 1. The fourth-order valence-corrected chi connectivity index (χ4v) is 2.02. The number of halogens is 1. The van der Waals surface area contributed by atoms with Gasteiger partial charge in [0.05, 0.1) is 19.3 Å². The normalized spacial score (nSPS) is 12.2. The van der Waals surface area contributed by atoms with Gasteiger partial charge < -0.3 is 10.1 Å². The molecule has 2 aromatic rings. The zero-order chi connectivity index (χ0) is 13.8. The fraction of sp³-hybridized carbons (Fsp3) is 0.267. The molecule has 0 spiro atoms. The van der Waals surface area contributed by atoms with E-state index >= 15 is 0 Å². The minimum absolute atomic E-state index is 0.113. The Morgan fingerprint density at radius 3 is 2.63 bits per heavy atom. The second-order valence-corrected chi connectivity index (χ2v) is 4.39. The van der Waals surface area contributed by atoms with Gasteiger partial charge in [-0.2, -0.15) is 0 Å². The number of nitrogens with zero attached hydrogens (tertiary/aromatic N) is 1. The van der Waals surface area contributed by atoms with Gasteiger partial charge in [-0.05, 0) is 42.8 Å². The number of aromatic nitrogens is 1. The summed E-state index contributed by atoms with van der Waals surface area (Å²) in [7, 11) is 3.43. The van der Waals surface area contributed by atoms with Gasteiger partial charge in [0.25, 0.3) is 0 Å². The highest BCUT2D eigenvalue weighted by molar-refractivity contribution is 5.35. The second-order valence-electron chi connectivity index (χ2n) is 4.39. The van der Waals surface area contributed by atoms with Gasteiger partial charge in [0, 0.05) is 6.20 Å². The Kier molecular flexibility index (Phi) is 4.12. The molecule has 0 saturated carbocycles. The van der Waals surface area contributed by atoms with Crippen LogP contribution in [0.25, 0.3) is 0 Å². The summed E-state index contributed by atoms with van der Waals surface area (Å²) < 4.78 is 18.8. The number of benzene rings is 1. The monoisotopic (exact) mass is 260 g/mol. The van der Waals surface area contributed by atoms with E-state index in [-0.39, 0.29) is 11.9 Å². The summed E-state index contributed by atoms with van der Waals surface area (Å²) in [6, 6.07) is 7.03. The zero-order valence-corrected chi connectivity index (χ0v) is 11.3. The van der Waals surface area contributed by atoms with Crippen molar-refractivity contribution in [3.8, 4) is 5.75 Å². The van der Waals surface area contributed by atoms with Gasteiger partial charge in [-0.25, -0.2) is 4.39 Å². The van der Waals surface area contributed by atoms with E-state index in [9.17, 15) is 4.39 Å². The summed E-state index contributed by atoms with van der Waals surface area (Å²) in [5.74, 6) is 0.485. The number of aryl methyl sites for hydroxylation is 1. The van der Waals surface area contributed by atoms with Crippen molar-refractivity contribution in [2.75, 3.05) is 14.2 Å². The van der Waals surface area contributed by atoms with Crippen molar-refractivity contribution in [1.82, 2.24) is 10.3 Å². The van der Waals surface area contributed by atoms with E-state index < -0.39 is 0 Å². The van der Waals surface area contributed by atoms with E-state index in [1.54, 1.807) is 38.6 Å². The van der Waals surface area contributed by atoms with Crippen LogP contribution < -0.4 is 10.1 Å². The Hall–Kier alpha value is -1.94. The summed E-state index contributed by atoms with van der Waals surface area (Å²) in [5, 5.41) is 3.17. The lowest BCUT2D eigenvalue weighted by Crippen LogP contribution is -2.18. The first-order valence-corrected chi connectivity index (χ1v) is 6.08. The van der Waals surface area contributed by atoms with Crippen molar-refractivity contribution >= 4 is 0 Å². The average Bonchev–Trinajstić information content (AvgIpc) is 2.44. The van der Waals surface area contributed by atoms with Gasteiger partial charge in [-0.1, -0.05) is 12.1 Å². The third-order valence-corrected chi connectivity index (χ3v) is 3.12. The van der Waals surface area contributed by atoms with Crippen LogP contribution >= 0.6 is 0 Å². The van der Waals surface area contributed by atoms with E-state index in [1.807, 2.05) is 19.2 Å². The van der Waals surface area contributed by atoms with Gasteiger partial charge >= 0.3 is 0 Å². The predicted octanol–water partition coefficient (Wildman–Crippen LogP) is 2.85. The third-order valence-electron chi connectivity index (χ3n) is 3.12. The first-order valence-electron chi connectivity index (χ1n) is 6.08. The van der Waals surface area contributed by atoms with Gasteiger partial charge in [-0.3, -0.25) is 4.98 Å². The molecule has 0 fully saturated rings. The van der Waals surface area contributed by atoms with Crippen molar-refractivity contribution in [2.45, 2.75) is 13.0 Å². The quantitative estimate of drug-likeness (QED) is 0.918. The second kappa shape index (κ2) is 5.80. The molecule has 100 valence electrons. The summed E-state index contributed by atoms with van der Waals surface area (Å²) in [6.45, 7) is 1.75. The SMILES string of the molecule is CNC(c1cncc(OC)c1)c1ccc(C)c(F)c1. The largest absolute Gasteiger partial charge is 0.495 e. The number of rotatable bonds is 4. The first-order chi connectivity index (χ1) is 9.15. The molecule has 1 atom stereocenters. The highest BCUT2D eigenvalue weighted by Gasteiger charge is 2.14. The molecule has 4 heteroatoms. The van der Waals surface area contributed by atoms with Crippen molar-refractivity contribution in [1.29, 1.82) is 0 Å². The van der Waals surface area contributed by atoms with Gasteiger partial charge in [0.15, 0.2) is 0 Å². The van der Waals surface area contributed by atoms with Crippen molar-refractivity contribution < 1.29 is 9.13 Å². The molecule has 1 aromatic carbocycles. The highest BCUT2D eigenvalue weighted by atomic mass is 19.1. The van der Waals surface area contributed by atoms with Crippen LogP contribution in [0, 0.1) is 12.7 Å². The molecule has 0 aliphatic carbocycles. The fourth-order valence-electron chi connectivity index (χ4n) is 2.02. The molecule has 0 amide bonds. The van der Waals surface area contributed by atoms with E-state index in [0.717, 1.165) is 11.1 Å². The van der Waals surface area contributed by atoms with Crippen LogP contribution in [0.15, 0.2) is 36.7 Å². The molecule has 0 bridgehead atoms. The highest BCUT2D eigenvalue weighted by Crippen LogP contribution is 2.25. The maximum Gasteiger partial charge on any atom is 0.137 e. The van der Waals surface area contributed by atoms with Crippen molar-refractivity contribution in [3.63, 3.8) is 0 Å². The predicted molar refractivity (Wildman–Crippen MR) is 72.8 cm³/mol. The van der Waals surface area contributed by atoms with Crippen LogP contribution in [0.5, 0.6) is 5.75 Å². The number of ether oxygens (including phenoxy) is 1. The van der Waals surface area contributed by atoms with Gasteiger partial charge in [-0.15, -0.1) is 0 Å². The van der Waals surface area contributed by atoms with Crippen molar-refractivity contribution in [2.24, 2.45) is 0 Å². The first kappa shape index (κ1) is 13.5. The van der Waals surface area contributed by atoms with Crippen LogP contribution in [0.3, 0.4) is 0 Å². The van der Waals surface area contributed by atoms with E-state index in [0.29, 0.717) is 11.3 Å². The molecule has 0 aliphatic rings. The number of methoxy groups -OCH3 is 1. The third kappa shape index (κ3) is 2.90. The smallest absolute Gasteiger partial charge is 0.137 e. The lowest BCUT2D eigenvalue weighted by molar-refractivity contribution is 0.411. The summed E-state index contributed by atoms with van der Waals surface area (Å²) in [5.41, 5.74) is 2.44. The topological polar surface area (TPSA) is 34.2 Å². The van der Waals surface area contributed by atoms with E-state index in [4.69, 9.17) is 4.74 Å². The number of pyridine rings is 1. The Bertz CT molecular complexity index is 572. The maximum absolute atomic E-state index is 13.7. The zero-order valence-electron chi connectivity index (χ0n) is 11.3. The lowest BCUT2D eigenvalue weighted by atomic mass is 9.99. The summed E-state index contributed by atoms with van der Waals surface area (Å²) in [6.07, 6.45) is 3.40. The average molecular weight is 260 g/mol. The Morgan fingerprint density at radius 2 is 2.00 bits per heavy atom. The molecular weight excluding hydrogens is 243 g/mol. The van der Waals surface area contributed by atoms with Crippen LogP contribution in [0.2, 0.25) is 0 Å². The Labute approximate surface area is 112 Å². The number of hydrogen-bond acceptors (Lipinski definition) is 3. The van der Waals surface area contributed by atoms with Crippen molar-refractivity contribution in [3.05, 3.63) is 59.2 Å². The van der Waals surface area contributed by atoms with Crippen LogP contribution in [-0.2, 0) is 0 Å². The Balaban J connectivity index is 2.40. The molecule has 1 N–H and O–H groups in total. The number of hydrogen-bond donors (Lipinski definition) is 1.